The highest BCUT2D eigenvalue weighted by Gasteiger charge is 2.36. The number of amides is 4. The normalized spacial score (nSPS) is 13.9. The van der Waals surface area contributed by atoms with Crippen LogP contribution in [0.1, 0.15) is 5.56 Å². The second kappa shape index (κ2) is 13.8. The van der Waals surface area contributed by atoms with Crippen LogP contribution in [0.5, 0.6) is 11.5 Å². The van der Waals surface area contributed by atoms with Gasteiger partial charge < -0.3 is 20.1 Å². The van der Waals surface area contributed by atoms with E-state index in [1.54, 1.807) is 54.6 Å². The lowest BCUT2D eigenvalue weighted by Crippen LogP contribution is -2.36. The van der Waals surface area contributed by atoms with Crippen LogP contribution in [0.15, 0.2) is 68.4 Å². The van der Waals surface area contributed by atoms with Crippen molar-refractivity contribution in [2.45, 2.75) is 0 Å². The number of carbonyl (C=O) groups is 4. The Morgan fingerprint density at radius 3 is 2.10 bits per heavy atom. The van der Waals surface area contributed by atoms with E-state index in [0.29, 0.717) is 47.4 Å². The fourth-order valence-corrected chi connectivity index (χ4v) is 5.21. The molecule has 212 valence electrons. The maximum atomic E-state index is 12.9. The zero-order valence-electron chi connectivity index (χ0n) is 21.0. The van der Waals surface area contributed by atoms with Crippen molar-refractivity contribution < 1.29 is 28.7 Å². The fraction of sp³-hybridized carbons (Fsp3) is 0.111. The molecule has 3 aromatic carbocycles. The largest absolute Gasteiger partial charge is 0.493 e. The molecule has 0 aliphatic carbocycles. The Morgan fingerprint density at radius 2 is 1.51 bits per heavy atom. The number of hydrogen-bond acceptors (Lipinski definition) is 7. The van der Waals surface area contributed by atoms with Gasteiger partial charge in [0.25, 0.3) is 17.1 Å². The molecule has 3 aromatic rings. The van der Waals surface area contributed by atoms with Crippen molar-refractivity contribution in [1.29, 1.82) is 0 Å². The maximum absolute atomic E-state index is 12.9. The number of rotatable bonds is 9. The van der Waals surface area contributed by atoms with E-state index in [0.717, 1.165) is 16.7 Å². The Bertz CT molecular complexity index is 1590. The predicted octanol–water partition coefficient (Wildman–Crippen LogP) is 7.22. The van der Waals surface area contributed by atoms with Gasteiger partial charge in [0.2, 0.25) is 5.91 Å². The number of carbonyl (C=O) groups excluding carboxylic acids is 4. The van der Waals surface area contributed by atoms with Gasteiger partial charge in [-0.1, -0.05) is 29.3 Å². The third-order valence-electron chi connectivity index (χ3n) is 5.43. The van der Waals surface area contributed by atoms with E-state index < -0.39 is 29.5 Å². The van der Waals surface area contributed by atoms with Gasteiger partial charge >= 0.3 is 0 Å². The van der Waals surface area contributed by atoms with E-state index in [1.165, 1.54) is 13.2 Å². The van der Waals surface area contributed by atoms with Gasteiger partial charge in [0.15, 0.2) is 18.1 Å². The van der Waals surface area contributed by atoms with Crippen molar-refractivity contribution in [3.05, 3.63) is 84.1 Å². The minimum absolute atomic E-state index is 0.137. The molecule has 1 saturated heterocycles. The lowest BCUT2D eigenvalue weighted by atomic mass is 10.2. The summed E-state index contributed by atoms with van der Waals surface area (Å²) in [7, 11) is 1.43. The van der Waals surface area contributed by atoms with Crippen molar-refractivity contribution in [2.75, 3.05) is 30.9 Å². The molecule has 2 N–H and O–H groups in total. The minimum Gasteiger partial charge on any atom is -0.493 e. The average molecular weight is 744 g/mol. The molecular weight excluding hydrogens is 725 g/mol. The van der Waals surface area contributed by atoms with Crippen LogP contribution in [0.4, 0.5) is 16.2 Å². The quantitative estimate of drug-likeness (QED) is 0.223. The smallest absolute Gasteiger partial charge is 0.294 e. The number of methoxy groups -OCH3 is 1. The molecule has 0 atom stereocenters. The summed E-state index contributed by atoms with van der Waals surface area (Å²) in [5.74, 6) is -0.956. The number of ether oxygens (including phenoxy) is 2. The Morgan fingerprint density at radius 1 is 0.902 bits per heavy atom. The Balaban J connectivity index is 1.38. The number of thioether (sulfide) groups is 1. The molecular formula is C27H19Br2Cl2N3O6S. The van der Waals surface area contributed by atoms with E-state index in [-0.39, 0.29) is 11.5 Å². The molecule has 0 spiro atoms. The van der Waals surface area contributed by atoms with E-state index >= 15 is 0 Å². The van der Waals surface area contributed by atoms with Crippen molar-refractivity contribution in [1.82, 2.24) is 4.90 Å². The van der Waals surface area contributed by atoms with Gasteiger partial charge in [-0.15, -0.1) is 0 Å². The standard InChI is InChI=1S/C27H19Br2Cl2N3O6S/c1-39-22-8-14(2-7-21(22)40-13-25(36)33-16-4-6-18(29)20(31)11-16)9-23-26(37)34(27(38)41-23)12-24(35)32-15-3-5-17(28)19(30)10-15/h2-11H,12-13H2,1H3,(H,32,35)(H,33,36)/b23-9+. The molecule has 41 heavy (non-hydrogen) atoms. The molecule has 1 fully saturated rings. The lowest BCUT2D eigenvalue weighted by molar-refractivity contribution is -0.127. The van der Waals surface area contributed by atoms with Crippen LogP contribution in [-0.2, 0) is 14.4 Å². The highest BCUT2D eigenvalue weighted by Crippen LogP contribution is 2.35. The van der Waals surface area contributed by atoms with Crippen molar-refractivity contribution in [3.63, 3.8) is 0 Å². The average Bonchev–Trinajstić information content (AvgIpc) is 3.19. The second-order valence-corrected chi connectivity index (χ2v) is 11.8. The summed E-state index contributed by atoms with van der Waals surface area (Å²) in [4.78, 5) is 51.2. The van der Waals surface area contributed by atoms with Gasteiger partial charge in [0.05, 0.1) is 22.1 Å². The van der Waals surface area contributed by atoms with Gasteiger partial charge in [-0.3, -0.25) is 24.1 Å². The summed E-state index contributed by atoms with van der Waals surface area (Å²) in [6.45, 7) is -0.753. The summed E-state index contributed by atoms with van der Waals surface area (Å²) in [5.41, 5.74) is 1.48. The number of benzene rings is 3. The number of imide groups is 1. The molecule has 0 saturated carbocycles. The van der Waals surface area contributed by atoms with Crippen molar-refractivity contribution >= 4 is 107 Å². The predicted molar refractivity (Wildman–Crippen MR) is 167 cm³/mol. The molecule has 1 heterocycles. The molecule has 4 rings (SSSR count). The number of halogens is 4. The first kappa shape index (κ1) is 30.9. The number of anilines is 2. The van der Waals surface area contributed by atoms with Gasteiger partial charge in [0.1, 0.15) is 6.54 Å². The summed E-state index contributed by atoms with van der Waals surface area (Å²) in [6.07, 6.45) is 1.51. The van der Waals surface area contributed by atoms with E-state index in [4.69, 9.17) is 32.7 Å². The van der Waals surface area contributed by atoms with Crippen molar-refractivity contribution in [2.24, 2.45) is 0 Å². The molecule has 0 radical (unpaired) electrons. The minimum atomic E-state index is -0.604. The van der Waals surface area contributed by atoms with Crippen LogP contribution in [0.25, 0.3) is 6.08 Å². The highest BCUT2D eigenvalue weighted by atomic mass is 79.9. The molecule has 0 unspecified atom stereocenters. The molecule has 14 heteroatoms. The van der Waals surface area contributed by atoms with E-state index in [9.17, 15) is 19.2 Å². The Labute approximate surface area is 265 Å². The first-order valence-corrected chi connectivity index (χ1v) is 14.8. The topological polar surface area (TPSA) is 114 Å². The van der Waals surface area contributed by atoms with Gasteiger partial charge in [-0.25, -0.2) is 0 Å². The maximum Gasteiger partial charge on any atom is 0.294 e. The van der Waals surface area contributed by atoms with Crippen LogP contribution in [0.2, 0.25) is 10.0 Å². The van der Waals surface area contributed by atoms with Gasteiger partial charge in [-0.05, 0) is 104 Å². The molecule has 0 bridgehead atoms. The van der Waals surface area contributed by atoms with Crippen LogP contribution in [-0.4, -0.2) is 48.1 Å². The number of nitrogens with zero attached hydrogens (tertiary/aromatic N) is 1. The first-order chi connectivity index (χ1) is 19.5. The van der Waals surface area contributed by atoms with Gasteiger partial charge in [-0.2, -0.15) is 0 Å². The molecule has 4 amide bonds. The second-order valence-electron chi connectivity index (χ2n) is 8.32. The Hall–Kier alpha value is -3.03. The number of hydrogen-bond donors (Lipinski definition) is 2. The first-order valence-electron chi connectivity index (χ1n) is 11.6. The zero-order chi connectivity index (χ0) is 29.7. The SMILES string of the molecule is COc1cc(/C=C2/SC(=O)N(CC(=O)Nc3ccc(Br)c(Cl)c3)C2=O)ccc1OCC(=O)Nc1ccc(Br)c(Cl)c1. The van der Waals surface area contributed by atoms with Gasteiger partial charge in [0, 0.05) is 20.3 Å². The summed E-state index contributed by atoms with van der Waals surface area (Å²) < 4.78 is 12.4. The van der Waals surface area contributed by atoms with E-state index in [2.05, 4.69) is 42.5 Å². The molecule has 0 aromatic heterocycles. The fourth-order valence-electron chi connectivity index (χ4n) is 3.51. The molecule has 9 nitrogen and oxygen atoms in total. The monoisotopic (exact) mass is 741 g/mol. The third kappa shape index (κ3) is 8.04. The lowest BCUT2D eigenvalue weighted by Gasteiger charge is -2.13. The summed E-state index contributed by atoms with van der Waals surface area (Å²) in [5, 5.41) is 5.58. The highest BCUT2D eigenvalue weighted by molar-refractivity contribution is 9.10. The van der Waals surface area contributed by atoms with Crippen molar-refractivity contribution in [3.8, 4) is 11.5 Å². The molecule has 1 aliphatic rings. The molecule has 1 aliphatic heterocycles. The van der Waals surface area contributed by atoms with Crippen LogP contribution in [0.3, 0.4) is 0 Å². The van der Waals surface area contributed by atoms with Crippen LogP contribution >= 0.6 is 66.8 Å². The van der Waals surface area contributed by atoms with Crippen LogP contribution < -0.4 is 20.1 Å². The number of nitrogens with one attached hydrogen (secondary N) is 2. The summed E-state index contributed by atoms with van der Waals surface area (Å²) >= 11 is 19.4. The van der Waals surface area contributed by atoms with E-state index in [1.807, 2.05) is 0 Å². The van der Waals surface area contributed by atoms with Crippen LogP contribution in [0, 0.1) is 0 Å². The zero-order valence-corrected chi connectivity index (χ0v) is 26.5. The summed E-state index contributed by atoms with van der Waals surface area (Å²) in [6, 6.07) is 14.7. The third-order valence-corrected chi connectivity index (χ3v) is 8.80. The Kier molecular flexibility index (Phi) is 10.4.